The lowest BCUT2D eigenvalue weighted by molar-refractivity contribution is 0.118. The summed E-state index contributed by atoms with van der Waals surface area (Å²) in [5.41, 5.74) is 0.893. The van der Waals surface area contributed by atoms with Crippen LogP contribution in [-0.2, 0) is 17.8 Å². The predicted molar refractivity (Wildman–Crippen MR) is 77.7 cm³/mol. The van der Waals surface area contributed by atoms with E-state index in [2.05, 4.69) is 19.9 Å². The molecule has 0 spiro atoms. The van der Waals surface area contributed by atoms with E-state index in [-0.39, 0.29) is 18.0 Å². The van der Waals surface area contributed by atoms with Crippen LogP contribution in [0.5, 0.6) is 0 Å². The number of hydrogen-bond acceptors (Lipinski definition) is 5. The smallest absolute Gasteiger partial charge is 0.262 e. The van der Waals surface area contributed by atoms with Crippen molar-refractivity contribution in [2.45, 2.75) is 13.0 Å². The number of aromatic nitrogens is 4. The van der Waals surface area contributed by atoms with Gasteiger partial charge < -0.3 is 9.72 Å². The Bertz CT molecular complexity index is 850. The van der Waals surface area contributed by atoms with Crippen LogP contribution in [0.25, 0.3) is 11.0 Å². The molecule has 0 fully saturated rings. The first kappa shape index (κ1) is 14.3. The number of aromatic amines is 1. The molecule has 0 saturated heterocycles. The fourth-order valence-corrected chi connectivity index (χ4v) is 2.05. The second-order valence-corrected chi connectivity index (χ2v) is 4.71. The fraction of sp³-hybridized carbons (Fsp3) is 0.200. The van der Waals surface area contributed by atoms with Crippen molar-refractivity contribution in [2.24, 2.45) is 0 Å². The zero-order chi connectivity index (χ0) is 15.4. The molecule has 0 aliphatic rings. The highest BCUT2D eigenvalue weighted by molar-refractivity contribution is 5.71. The van der Waals surface area contributed by atoms with Gasteiger partial charge in [-0.1, -0.05) is 12.1 Å². The predicted octanol–water partition coefficient (Wildman–Crippen LogP) is 1.61. The van der Waals surface area contributed by atoms with E-state index in [1.165, 1.54) is 24.7 Å². The summed E-state index contributed by atoms with van der Waals surface area (Å²) in [6, 6.07) is 6.36. The average Bonchev–Trinajstić information content (AvgIpc) is 2.52. The van der Waals surface area contributed by atoms with Gasteiger partial charge in [0.1, 0.15) is 30.0 Å². The average molecular weight is 300 g/mol. The normalized spacial score (nSPS) is 11.0. The number of benzene rings is 1. The monoisotopic (exact) mass is 300 g/mol. The summed E-state index contributed by atoms with van der Waals surface area (Å²) in [7, 11) is 0. The van der Waals surface area contributed by atoms with Gasteiger partial charge in [0.15, 0.2) is 5.65 Å². The maximum atomic E-state index is 13.0. The van der Waals surface area contributed by atoms with Gasteiger partial charge >= 0.3 is 0 Å². The van der Waals surface area contributed by atoms with Crippen molar-refractivity contribution in [3.05, 3.63) is 64.3 Å². The SMILES string of the molecule is O=c1[nH]c(COCCc2cccc(F)c2)nc2ncncc12. The molecule has 3 rings (SSSR count). The zero-order valence-corrected chi connectivity index (χ0v) is 11.6. The van der Waals surface area contributed by atoms with Crippen molar-refractivity contribution in [3.8, 4) is 0 Å². The summed E-state index contributed by atoms with van der Waals surface area (Å²) in [5.74, 6) is 0.133. The van der Waals surface area contributed by atoms with Gasteiger partial charge in [-0.3, -0.25) is 4.79 Å². The summed E-state index contributed by atoms with van der Waals surface area (Å²) in [6.07, 6.45) is 3.34. The minimum atomic E-state index is -0.297. The lowest BCUT2D eigenvalue weighted by atomic mass is 10.2. The van der Waals surface area contributed by atoms with Crippen LogP contribution in [0, 0.1) is 5.82 Å². The van der Waals surface area contributed by atoms with Crippen LogP contribution in [-0.4, -0.2) is 26.5 Å². The molecule has 7 heteroatoms. The highest BCUT2D eigenvalue weighted by Crippen LogP contribution is 2.05. The van der Waals surface area contributed by atoms with E-state index in [4.69, 9.17) is 4.74 Å². The van der Waals surface area contributed by atoms with E-state index in [9.17, 15) is 9.18 Å². The first-order chi connectivity index (χ1) is 10.7. The van der Waals surface area contributed by atoms with E-state index in [1.807, 2.05) is 6.07 Å². The zero-order valence-electron chi connectivity index (χ0n) is 11.6. The van der Waals surface area contributed by atoms with E-state index in [0.29, 0.717) is 29.9 Å². The third-order valence-electron chi connectivity index (χ3n) is 3.10. The van der Waals surface area contributed by atoms with Gasteiger partial charge in [-0.05, 0) is 24.1 Å². The van der Waals surface area contributed by atoms with E-state index in [1.54, 1.807) is 6.07 Å². The molecule has 3 aromatic rings. The number of ether oxygens (including phenoxy) is 1. The molecule has 1 aromatic carbocycles. The third-order valence-corrected chi connectivity index (χ3v) is 3.10. The highest BCUT2D eigenvalue weighted by atomic mass is 19.1. The Morgan fingerprint density at radius 1 is 1.32 bits per heavy atom. The lowest BCUT2D eigenvalue weighted by Crippen LogP contribution is -2.14. The van der Waals surface area contributed by atoms with Gasteiger partial charge in [-0.2, -0.15) is 0 Å². The molecule has 112 valence electrons. The quantitative estimate of drug-likeness (QED) is 0.724. The van der Waals surface area contributed by atoms with Crippen molar-refractivity contribution in [1.82, 2.24) is 19.9 Å². The van der Waals surface area contributed by atoms with E-state index < -0.39 is 0 Å². The molecule has 6 nitrogen and oxygen atoms in total. The van der Waals surface area contributed by atoms with Crippen LogP contribution in [0.4, 0.5) is 4.39 Å². The summed E-state index contributed by atoms with van der Waals surface area (Å²) in [4.78, 5) is 26.4. The lowest BCUT2D eigenvalue weighted by Gasteiger charge is -2.05. The Hall–Kier alpha value is -2.67. The highest BCUT2D eigenvalue weighted by Gasteiger charge is 2.05. The van der Waals surface area contributed by atoms with Gasteiger partial charge in [0.05, 0.1) is 6.61 Å². The molecule has 0 atom stereocenters. The van der Waals surface area contributed by atoms with Gasteiger partial charge in [0, 0.05) is 6.20 Å². The number of halogens is 1. The first-order valence-electron chi connectivity index (χ1n) is 6.73. The topological polar surface area (TPSA) is 80.8 Å². The van der Waals surface area contributed by atoms with Crippen LogP contribution in [0.1, 0.15) is 11.4 Å². The van der Waals surface area contributed by atoms with Crippen molar-refractivity contribution in [2.75, 3.05) is 6.61 Å². The third kappa shape index (κ3) is 3.32. The summed E-state index contributed by atoms with van der Waals surface area (Å²) >= 11 is 0. The summed E-state index contributed by atoms with van der Waals surface area (Å²) < 4.78 is 18.5. The Kier molecular flexibility index (Phi) is 4.15. The molecular weight excluding hydrogens is 287 g/mol. The number of H-pyrrole nitrogens is 1. The number of nitrogens with zero attached hydrogens (tertiary/aromatic N) is 3. The molecule has 0 aliphatic heterocycles. The second kappa shape index (κ2) is 6.40. The molecule has 0 unspecified atom stereocenters. The molecule has 0 saturated carbocycles. The van der Waals surface area contributed by atoms with Crippen molar-refractivity contribution >= 4 is 11.0 Å². The number of nitrogens with one attached hydrogen (secondary N) is 1. The van der Waals surface area contributed by atoms with Gasteiger partial charge in [0.2, 0.25) is 0 Å². The summed E-state index contributed by atoms with van der Waals surface area (Å²) in [6.45, 7) is 0.555. The van der Waals surface area contributed by atoms with Gasteiger partial charge in [-0.15, -0.1) is 0 Å². The molecule has 2 heterocycles. The molecule has 22 heavy (non-hydrogen) atoms. The molecule has 0 radical (unpaired) electrons. The minimum Gasteiger partial charge on any atom is -0.373 e. The second-order valence-electron chi connectivity index (χ2n) is 4.71. The van der Waals surface area contributed by atoms with Crippen LogP contribution in [0.3, 0.4) is 0 Å². The maximum Gasteiger partial charge on any atom is 0.262 e. The molecule has 0 bridgehead atoms. The maximum absolute atomic E-state index is 13.0. The van der Waals surface area contributed by atoms with Gasteiger partial charge in [-0.25, -0.2) is 19.3 Å². The Balaban J connectivity index is 1.61. The summed E-state index contributed by atoms with van der Waals surface area (Å²) in [5, 5.41) is 0.339. The van der Waals surface area contributed by atoms with E-state index >= 15 is 0 Å². The van der Waals surface area contributed by atoms with Gasteiger partial charge in [0.25, 0.3) is 5.56 Å². The molecule has 1 N–H and O–H groups in total. The van der Waals surface area contributed by atoms with E-state index in [0.717, 1.165) is 5.56 Å². The van der Waals surface area contributed by atoms with Crippen LogP contribution in [0.15, 0.2) is 41.6 Å². The number of fused-ring (bicyclic) bond motifs is 1. The minimum absolute atomic E-state index is 0.157. The van der Waals surface area contributed by atoms with Crippen LogP contribution in [0.2, 0.25) is 0 Å². The van der Waals surface area contributed by atoms with Crippen LogP contribution >= 0.6 is 0 Å². The molecule has 0 aliphatic carbocycles. The fourth-order valence-electron chi connectivity index (χ4n) is 2.05. The van der Waals surface area contributed by atoms with Crippen molar-refractivity contribution in [1.29, 1.82) is 0 Å². The number of rotatable bonds is 5. The first-order valence-corrected chi connectivity index (χ1v) is 6.73. The Morgan fingerprint density at radius 3 is 3.09 bits per heavy atom. The number of hydrogen-bond donors (Lipinski definition) is 1. The Labute approximate surface area is 125 Å². The van der Waals surface area contributed by atoms with Crippen molar-refractivity contribution in [3.63, 3.8) is 0 Å². The molecule has 2 aromatic heterocycles. The van der Waals surface area contributed by atoms with Crippen LogP contribution < -0.4 is 5.56 Å². The standard InChI is InChI=1S/C15H13FN4O2/c16-11-3-1-2-10(6-11)4-5-22-8-13-19-14-12(15(21)20-13)7-17-9-18-14/h1-3,6-7,9H,4-5,8H2,(H,17,18,19,20,21). The largest absolute Gasteiger partial charge is 0.373 e. The Morgan fingerprint density at radius 2 is 2.23 bits per heavy atom. The molecule has 0 amide bonds. The van der Waals surface area contributed by atoms with Crippen molar-refractivity contribution < 1.29 is 9.13 Å². The molecular formula is C15H13FN4O2.